The molecule has 0 bridgehead atoms. The molecule has 7 heteroatoms. The number of rotatable bonds is 5. The van der Waals surface area contributed by atoms with Gasteiger partial charge in [-0.15, -0.1) is 10.2 Å². The summed E-state index contributed by atoms with van der Waals surface area (Å²) in [6.07, 6.45) is 0. The van der Waals surface area contributed by atoms with Crippen molar-refractivity contribution in [3.05, 3.63) is 106 Å². The molecule has 0 spiro atoms. The van der Waals surface area contributed by atoms with Crippen LogP contribution in [0.25, 0.3) is 0 Å². The summed E-state index contributed by atoms with van der Waals surface area (Å²) in [5.41, 5.74) is 5.50. The molecule has 2 heterocycles. The molecule has 1 aliphatic rings. The number of aromatic nitrogens is 3. The van der Waals surface area contributed by atoms with E-state index in [2.05, 4.69) is 53.5 Å². The number of nitrogens with zero attached hydrogens (tertiary/aromatic N) is 4. The van der Waals surface area contributed by atoms with E-state index in [4.69, 9.17) is 21.4 Å². The maximum Gasteiger partial charge on any atom is 0.213 e. The average Bonchev–Trinajstić information content (AvgIpc) is 3.22. The summed E-state index contributed by atoms with van der Waals surface area (Å²) < 4.78 is 7.74. The van der Waals surface area contributed by atoms with Crippen molar-refractivity contribution in [2.45, 2.75) is 30.9 Å². The molecular weight excluding hydrogens is 440 g/mol. The van der Waals surface area contributed by atoms with Gasteiger partial charge >= 0.3 is 0 Å². The molecule has 0 unspecified atom stereocenters. The first kappa shape index (κ1) is 20.8. The highest BCUT2D eigenvalue weighted by atomic mass is 35.5. The molecule has 0 saturated carbocycles. The van der Waals surface area contributed by atoms with Crippen molar-refractivity contribution in [1.29, 1.82) is 0 Å². The van der Waals surface area contributed by atoms with Crippen molar-refractivity contribution in [3.63, 3.8) is 0 Å². The Balaban J connectivity index is 1.51. The van der Waals surface area contributed by atoms with Crippen LogP contribution in [0.2, 0.25) is 5.02 Å². The standard InChI is InChI=1S/C25H21ClN4OS/c1-16-8-11-18(12-9-16)23-24(19-6-4-3-5-7-19)32-25-28-27-22(30(25)29-23)15-31-21-14-17(2)10-13-20(21)26/h3-14,24H,15H2,1-2H3/t24-/m1/s1. The van der Waals surface area contributed by atoms with Crippen LogP contribution in [-0.2, 0) is 6.61 Å². The molecule has 32 heavy (non-hydrogen) atoms. The van der Waals surface area contributed by atoms with Crippen molar-refractivity contribution < 1.29 is 4.74 Å². The van der Waals surface area contributed by atoms with Crippen LogP contribution >= 0.6 is 23.4 Å². The molecule has 3 aromatic carbocycles. The lowest BCUT2D eigenvalue weighted by molar-refractivity contribution is 0.290. The third-order valence-electron chi connectivity index (χ3n) is 5.25. The molecule has 5 nitrogen and oxygen atoms in total. The van der Waals surface area contributed by atoms with Crippen LogP contribution < -0.4 is 4.74 Å². The van der Waals surface area contributed by atoms with Gasteiger partial charge in [0.25, 0.3) is 0 Å². The zero-order valence-electron chi connectivity index (χ0n) is 17.7. The highest BCUT2D eigenvalue weighted by Gasteiger charge is 2.30. The van der Waals surface area contributed by atoms with Crippen LogP contribution in [0.4, 0.5) is 0 Å². The van der Waals surface area contributed by atoms with Gasteiger partial charge < -0.3 is 4.74 Å². The molecule has 0 aliphatic carbocycles. The molecule has 0 radical (unpaired) electrons. The predicted octanol–water partition coefficient (Wildman–Crippen LogP) is 6.23. The third kappa shape index (κ3) is 4.16. The van der Waals surface area contributed by atoms with E-state index in [1.807, 2.05) is 43.3 Å². The van der Waals surface area contributed by atoms with Crippen LogP contribution in [0.1, 0.15) is 33.3 Å². The molecule has 1 aromatic heterocycles. The van der Waals surface area contributed by atoms with Gasteiger partial charge in [0.1, 0.15) is 12.4 Å². The summed E-state index contributed by atoms with van der Waals surface area (Å²) >= 11 is 7.93. The fourth-order valence-corrected chi connectivity index (χ4v) is 4.84. The molecule has 0 fully saturated rings. The molecular formula is C25H21ClN4OS. The summed E-state index contributed by atoms with van der Waals surface area (Å²) in [5, 5.41) is 15.1. The minimum atomic E-state index is 0.0237. The van der Waals surface area contributed by atoms with E-state index in [-0.39, 0.29) is 11.9 Å². The number of hydrogen-bond donors (Lipinski definition) is 0. The Morgan fingerprint density at radius 3 is 2.47 bits per heavy atom. The fraction of sp³-hybridized carbons (Fsp3) is 0.160. The van der Waals surface area contributed by atoms with Gasteiger partial charge in [0.15, 0.2) is 5.82 Å². The van der Waals surface area contributed by atoms with E-state index in [1.54, 1.807) is 16.4 Å². The number of thioether (sulfide) groups is 1. The van der Waals surface area contributed by atoms with Gasteiger partial charge in [-0.25, -0.2) is 0 Å². The monoisotopic (exact) mass is 460 g/mol. The lowest BCUT2D eigenvalue weighted by atomic mass is 10.0. The second-order valence-corrected chi connectivity index (χ2v) is 9.17. The molecule has 0 saturated heterocycles. The van der Waals surface area contributed by atoms with Crippen molar-refractivity contribution in [2.24, 2.45) is 5.10 Å². The van der Waals surface area contributed by atoms with Crippen molar-refractivity contribution in [3.8, 4) is 5.75 Å². The smallest absolute Gasteiger partial charge is 0.213 e. The Hall–Kier alpha value is -3.09. The van der Waals surface area contributed by atoms with Crippen LogP contribution in [0.5, 0.6) is 5.75 Å². The summed E-state index contributed by atoms with van der Waals surface area (Å²) in [6.45, 7) is 4.30. The number of benzene rings is 3. The van der Waals surface area contributed by atoms with E-state index in [9.17, 15) is 0 Å². The molecule has 1 atom stereocenters. The van der Waals surface area contributed by atoms with Crippen LogP contribution in [0.15, 0.2) is 83.1 Å². The van der Waals surface area contributed by atoms with Crippen molar-refractivity contribution in [1.82, 2.24) is 14.9 Å². The van der Waals surface area contributed by atoms with Gasteiger partial charge in [-0.1, -0.05) is 89.6 Å². The lowest BCUT2D eigenvalue weighted by Gasteiger charge is -2.23. The third-order valence-corrected chi connectivity index (χ3v) is 6.76. The van der Waals surface area contributed by atoms with Crippen LogP contribution in [-0.4, -0.2) is 20.6 Å². The SMILES string of the molecule is Cc1ccc(C2=Nn3c(COc4cc(C)ccc4Cl)nnc3S[C@@H]2c2ccccc2)cc1. The van der Waals surface area contributed by atoms with Crippen molar-refractivity contribution >= 4 is 29.1 Å². The first-order chi connectivity index (χ1) is 15.6. The average molecular weight is 461 g/mol. The minimum Gasteiger partial charge on any atom is -0.484 e. The van der Waals surface area contributed by atoms with E-state index in [0.29, 0.717) is 16.6 Å². The second-order valence-electron chi connectivity index (χ2n) is 7.69. The number of halogens is 1. The molecule has 0 amide bonds. The molecule has 5 rings (SSSR count). The number of aryl methyl sites for hydroxylation is 2. The second kappa shape index (κ2) is 8.81. The summed E-state index contributed by atoms with van der Waals surface area (Å²) in [5.74, 6) is 1.25. The highest BCUT2D eigenvalue weighted by molar-refractivity contribution is 8.00. The Morgan fingerprint density at radius 1 is 0.938 bits per heavy atom. The summed E-state index contributed by atoms with van der Waals surface area (Å²) in [6, 6.07) is 24.5. The first-order valence-corrected chi connectivity index (χ1v) is 11.5. The normalized spacial score (nSPS) is 15.2. The van der Waals surface area contributed by atoms with Gasteiger partial charge in [-0.3, -0.25) is 0 Å². The lowest BCUT2D eigenvalue weighted by Crippen LogP contribution is -2.19. The highest BCUT2D eigenvalue weighted by Crippen LogP contribution is 2.41. The van der Waals surface area contributed by atoms with Crippen LogP contribution in [0, 0.1) is 13.8 Å². The Morgan fingerprint density at radius 2 is 1.69 bits per heavy atom. The zero-order valence-corrected chi connectivity index (χ0v) is 19.3. The van der Waals surface area contributed by atoms with Gasteiger partial charge in [0.2, 0.25) is 5.16 Å². The van der Waals surface area contributed by atoms with Crippen molar-refractivity contribution in [2.75, 3.05) is 0 Å². The van der Waals surface area contributed by atoms with Gasteiger partial charge in [-0.2, -0.15) is 9.78 Å². The maximum absolute atomic E-state index is 6.28. The fourth-order valence-electron chi connectivity index (χ4n) is 3.53. The molecule has 1 aliphatic heterocycles. The van der Waals surface area contributed by atoms with E-state index in [0.717, 1.165) is 22.0 Å². The number of ether oxygens (including phenoxy) is 1. The zero-order chi connectivity index (χ0) is 22.1. The Labute approximate surface area is 196 Å². The summed E-state index contributed by atoms with van der Waals surface area (Å²) in [4.78, 5) is 0. The molecule has 160 valence electrons. The Kier molecular flexibility index (Phi) is 5.72. The van der Waals surface area contributed by atoms with E-state index >= 15 is 0 Å². The first-order valence-electron chi connectivity index (χ1n) is 10.3. The minimum absolute atomic E-state index is 0.0237. The Bertz CT molecular complexity index is 1290. The van der Waals surface area contributed by atoms with E-state index in [1.165, 1.54) is 11.1 Å². The van der Waals surface area contributed by atoms with Gasteiger partial charge in [0, 0.05) is 0 Å². The quantitative estimate of drug-likeness (QED) is 0.354. The molecule has 0 N–H and O–H groups in total. The molecule has 4 aromatic rings. The van der Waals surface area contributed by atoms with Crippen LogP contribution in [0.3, 0.4) is 0 Å². The number of hydrogen-bond acceptors (Lipinski definition) is 5. The predicted molar refractivity (Wildman–Crippen MR) is 129 cm³/mol. The van der Waals surface area contributed by atoms with Gasteiger partial charge in [0.05, 0.1) is 16.0 Å². The van der Waals surface area contributed by atoms with E-state index < -0.39 is 0 Å². The summed E-state index contributed by atoms with van der Waals surface area (Å²) in [7, 11) is 0. The number of fused-ring (bicyclic) bond motifs is 1. The topological polar surface area (TPSA) is 52.3 Å². The largest absolute Gasteiger partial charge is 0.484 e. The maximum atomic E-state index is 6.28. The van der Waals surface area contributed by atoms with Gasteiger partial charge in [-0.05, 0) is 42.7 Å².